The van der Waals surface area contributed by atoms with Crippen LogP contribution in [0.2, 0.25) is 0 Å². The van der Waals surface area contributed by atoms with Gasteiger partial charge in [-0.3, -0.25) is 10.1 Å². The SMILES string of the molecule is O=[N+]([O-])c1cnc(Nc2ccc(N3CCOCC3)nc2)nc1Oc1ccc(C(F)(F)F)cc1. The highest BCUT2D eigenvalue weighted by atomic mass is 19.4. The molecule has 1 aromatic carbocycles. The number of alkyl halides is 3. The van der Waals surface area contributed by atoms with Crippen LogP contribution in [0.15, 0.2) is 48.8 Å². The summed E-state index contributed by atoms with van der Waals surface area (Å²) in [6.45, 7) is 2.71. The average Bonchev–Trinajstić information content (AvgIpc) is 2.80. The molecule has 0 amide bonds. The number of pyridine rings is 1. The Labute approximate surface area is 185 Å². The fourth-order valence-corrected chi connectivity index (χ4v) is 3.01. The molecule has 0 unspecified atom stereocenters. The minimum Gasteiger partial charge on any atom is -0.434 e. The van der Waals surface area contributed by atoms with Gasteiger partial charge >= 0.3 is 17.7 Å². The van der Waals surface area contributed by atoms with Crippen molar-refractivity contribution in [2.75, 3.05) is 36.5 Å². The summed E-state index contributed by atoms with van der Waals surface area (Å²) in [6, 6.07) is 7.27. The summed E-state index contributed by atoms with van der Waals surface area (Å²) >= 11 is 0. The Bertz CT molecular complexity index is 1120. The molecule has 1 aliphatic rings. The van der Waals surface area contributed by atoms with Gasteiger partial charge < -0.3 is 19.7 Å². The Morgan fingerprint density at radius 2 is 1.79 bits per heavy atom. The first-order chi connectivity index (χ1) is 15.8. The van der Waals surface area contributed by atoms with E-state index in [2.05, 4.69) is 25.2 Å². The second-order valence-electron chi connectivity index (χ2n) is 6.89. The summed E-state index contributed by atoms with van der Waals surface area (Å²) in [5, 5.41) is 14.2. The first-order valence-corrected chi connectivity index (χ1v) is 9.72. The molecule has 0 aliphatic carbocycles. The maximum absolute atomic E-state index is 12.7. The number of rotatable bonds is 6. The quantitative estimate of drug-likeness (QED) is 0.426. The lowest BCUT2D eigenvalue weighted by atomic mass is 10.2. The second kappa shape index (κ2) is 9.24. The molecule has 2 aromatic heterocycles. The molecule has 1 fully saturated rings. The zero-order chi connectivity index (χ0) is 23.4. The zero-order valence-electron chi connectivity index (χ0n) is 17.0. The zero-order valence-corrected chi connectivity index (χ0v) is 17.0. The summed E-state index contributed by atoms with van der Waals surface area (Å²) in [6.07, 6.45) is -2.00. The summed E-state index contributed by atoms with van der Waals surface area (Å²) in [4.78, 5) is 24.9. The predicted molar refractivity (Wildman–Crippen MR) is 111 cm³/mol. The van der Waals surface area contributed by atoms with Crippen LogP contribution in [0, 0.1) is 10.1 Å². The highest BCUT2D eigenvalue weighted by molar-refractivity contribution is 5.57. The highest BCUT2D eigenvalue weighted by Crippen LogP contribution is 2.33. The fourth-order valence-electron chi connectivity index (χ4n) is 3.01. The normalized spacial score (nSPS) is 14.1. The molecule has 0 atom stereocenters. The van der Waals surface area contributed by atoms with Gasteiger partial charge in [0.25, 0.3) is 0 Å². The molecule has 3 heterocycles. The van der Waals surface area contributed by atoms with Crippen LogP contribution in [-0.4, -0.2) is 46.2 Å². The molecule has 4 rings (SSSR count). The molecule has 1 N–H and O–H groups in total. The molecule has 1 saturated heterocycles. The minimum atomic E-state index is -4.51. The van der Waals surface area contributed by atoms with Crippen molar-refractivity contribution in [2.24, 2.45) is 0 Å². The Kier molecular flexibility index (Phi) is 6.22. The molecule has 0 saturated carbocycles. The van der Waals surface area contributed by atoms with Crippen LogP contribution in [0.4, 0.5) is 36.3 Å². The number of nitro groups is 1. The Morgan fingerprint density at radius 3 is 2.39 bits per heavy atom. The minimum absolute atomic E-state index is 0.0107. The number of morpholine rings is 1. The molecular weight excluding hydrogens is 445 g/mol. The van der Waals surface area contributed by atoms with Crippen molar-refractivity contribution in [3.05, 3.63) is 64.5 Å². The number of hydrogen-bond acceptors (Lipinski definition) is 9. The van der Waals surface area contributed by atoms with Gasteiger partial charge in [-0.05, 0) is 36.4 Å². The van der Waals surface area contributed by atoms with Crippen molar-refractivity contribution in [3.8, 4) is 11.6 Å². The van der Waals surface area contributed by atoms with Gasteiger partial charge in [0.2, 0.25) is 5.95 Å². The molecular formula is C20H17F3N6O4. The molecule has 172 valence electrons. The number of nitrogens with zero attached hydrogens (tertiary/aromatic N) is 5. The summed E-state index contributed by atoms with van der Waals surface area (Å²) < 4.78 is 48.9. The number of hydrogen-bond donors (Lipinski definition) is 1. The summed E-state index contributed by atoms with van der Waals surface area (Å²) in [5.41, 5.74) is -0.884. The van der Waals surface area contributed by atoms with Crippen molar-refractivity contribution in [1.82, 2.24) is 15.0 Å². The van der Waals surface area contributed by atoms with Crippen LogP contribution in [0.3, 0.4) is 0 Å². The van der Waals surface area contributed by atoms with Crippen LogP contribution in [0.5, 0.6) is 11.6 Å². The Hall–Kier alpha value is -4.00. The third-order valence-electron chi connectivity index (χ3n) is 4.67. The lowest BCUT2D eigenvalue weighted by Crippen LogP contribution is -2.36. The topological polar surface area (TPSA) is 116 Å². The number of ether oxygens (including phenoxy) is 2. The first-order valence-electron chi connectivity index (χ1n) is 9.72. The third kappa shape index (κ3) is 5.44. The largest absolute Gasteiger partial charge is 0.434 e. The van der Waals surface area contributed by atoms with E-state index in [0.717, 1.165) is 49.4 Å². The van der Waals surface area contributed by atoms with Gasteiger partial charge in [0, 0.05) is 13.1 Å². The molecule has 0 spiro atoms. The van der Waals surface area contributed by atoms with Crippen LogP contribution in [-0.2, 0) is 10.9 Å². The van der Waals surface area contributed by atoms with E-state index in [9.17, 15) is 23.3 Å². The average molecular weight is 462 g/mol. The molecule has 33 heavy (non-hydrogen) atoms. The van der Waals surface area contributed by atoms with Gasteiger partial charge in [-0.2, -0.15) is 18.2 Å². The van der Waals surface area contributed by atoms with Crippen LogP contribution in [0.25, 0.3) is 0 Å². The van der Waals surface area contributed by atoms with Gasteiger partial charge in [0.05, 0.1) is 35.6 Å². The van der Waals surface area contributed by atoms with Crippen LogP contribution in [0.1, 0.15) is 5.56 Å². The van der Waals surface area contributed by atoms with E-state index in [1.165, 1.54) is 0 Å². The fraction of sp³-hybridized carbons (Fsp3) is 0.250. The molecule has 3 aromatic rings. The van der Waals surface area contributed by atoms with E-state index in [0.29, 0.717) is 18.9 Å². The van der Waals surface area contributed by atoms with Crippen LogP contribution < -0.4 is 15.0 Å². The van der Waals surface area contributed by atoms with Crippen molar-refractivity contribution in [2.45, 2.75) is 6.18 Å². The monoisotopic (exact) mass is 462 g/mol. The standard InChI is InChI=1S/C20H17F3N6O4/c21-20(22,23)13-1-4-15(5-2-13)33-18-16(29(30)31)12-25-19(27-18)26-14-3-6-17(24-11-14)28-7-9-32-10-8-28/h1-6,11-12H,7-10H2,(H,25,26,27). The van der Waals surface area contributed by atoms with Crippen molar-refractivity contribution < 1.29 is 27.6 Å². The number of anilines is 3. The van der Waals surface area contributed by atoms with E-state index in [1.54, 1.807) is 18.3 Å². The number of nitrogens with one attached hydrogen (secondary N) is 1. The van der Waals surface area contributed by atoms with E-state index in [4.69, 9.17) is 9.47 Å². The molecule has 13 heteroatoms. The van der Waals surface area contributed by atoms with Crippen LogP contribution >= 0.6 is 0 Å². The molecule has 0 bridgehead atoms. The molecule has 1 aliphatic heterocycles. The van der Waals surface area contributed by atoms with E-state index < -0.39 is 28.2 Å². The highest BCUT2D eigenvalue weighted by Gasteiger charge is 2.30. The lowest BCUT2D eigenvalue weighted by molar-refractivity contribution is -0.386. The van der Waals surface area contributed by atoms with E-state index >= 15 is 0 Å². The van der Waals surface area contributed by atoms with Gasteiger partial charge in [-0.25, -0.2) is 9.97 Å². The van der Waals surface area contributed by atoms with E-state index in [1.807, 2.05) is 0 Å². The van der Waals surface area contributed by atoms with Crippen molar-refractivity contribution in [1.29, 1.82) is 0 Å². The van der Waals surface area contributed by atoms with Gasteiger partial charge in [0.1, 0.15) is 17.8 Å². The second-order valence-corrected chi connectivity index (χ2v) is 6.89. The maximum Gasteiger partial charge on any atom is 0.416 e. The van der Waals surface area contributed by atoms with Gasteiger partial charge in [0.15, 0.2) is 0 Å². The number of aromatic nitrogens is 3. The first kappa shape index (κ1) is 22.2. The Morgan fingerprint density at radius 1 is 1.06 bits per heavy atom. The number of benzene rings is 1. The van der Waals surface area contributed by atoms with Crippen molar-refractivity contribution in [3.63, 3.8) is 0 Å². The maximum atomic E-state index is 12.7. The molecule has 0 radical (unpaired) electrons. The summed E-state index contributed by atoms with van der Waals surface area (Å²) in [7, 11) is 0. The lowest BCUT2D eigenvalue weighted by Gasteiger charge is -2.27. The van der Waals surface area contributed by atoms with Crippen molar-refractivity contribution >= 4 is 23.1 Å². The number of halogens is 3. The summed E-state index contributed by atoms with van der Waals surface area (Å²) in [5.74, 6) is 0.297. The van der Waals surface area contributed by atoms with Gasteiger partial charge in [-0.1, -0.05) is 0 Å². The van der Waals surface area contributed by atoms with E-state index in [-0.39, 0.29) is 11.7 Å². The Balaban J connectivity index is 1.51. The molecule has 10 nitrogen and oxygen atoms in total. The smallest absolute Gasteiger partial charge is 0.416 e. The third-order valence-corrected chi connectivity index (χ3v) is 4.67. The van der Waals surface area contributed by atoms with Gasteiger partial charge in [-0.15, -0.1) is 0 Å². The predicted octanol–water partition coefficient (Wildman–Crippen LogP) is 4.17.